The molecule has 0 unspecified atom stereocenters. The molecule has 0 spiro atoms. The van der Waals surface area contributed by atoms with Gasteiger partial charge in [0, 0.05) is 18.8 Å². The monoisotopic (exact) mass is 514 g/mol. The molecule has 0 saturated heterocycles. The van der Waals surface area contributed by atoms with E-state index >= 15 is 0 Å². The van der Waals surface area contributed by atoms with Gasteiger partial charge in [-0.15, -0.1) is 24.0 Å². The van der Waals surface area contributed by atoms with Crippen LogP contribution in [0.1, 0.15) is 23.6 Å². The molecule has 0 aliphatic carbocycles. The van der Waals surface area contributed by atoms with Crippen molar-refractivity contribution in [1.82, 2.24) is 10.6 Å². The Morgan fingerprint density at radius 1 is 1.14 bits per heavy atom. The van der Waals surface area contributed by atoms with E-state index in [9.17, 15) is 9.18 Å². The van der Waals surface area contributed by atoms with E-state index in [0.717, 1.165) is 35.6 Å². The zero-order chi connectivity index (χ0) is 20.4. The minimum absolute atomic E-state index is 0. The van der Waals surface area contributed by atoms with Crippen LogP contribution in [0.25, 0.3) is 0 Å². The number of hydrogen-bond acceptors (Lipinski definition) is 3. The molecule has 0 bridgehead atoms. The largest absolute Gasteiger partial charge is 0.453 e. The summed E-state index contributed by atoms with van der Waals surface area (Å²) < 4.78 is 17.8. The minimum Gasteiger partial charge on any atom is -0.453 e. The lowest BCUT2D eigenvalue weighted by molar-refractivity contribution is 0.187. The molecule has 29 heavy (non-hydrogen) atoms. The maximum absolute atomic E-state index is 13.2. The number of ether oxygens (including phenoxy) is 1. The van der Waals surface area contributed by atoms with E-state index in [1.165, 1.54) is 13.2 Å². The maximum Gasteiger partial charge on any atom is 0.411 e. The Morgan fingerprint density at radius 3 is 2.48 bits per heavy atom. The van der Waals surface area contributed by atoms with Crippen LogP contribution in [0.2, 0.25) is 0 Å². The Hall–Kier alpha value is -2.36. The van der Waals surface area contributed by atoms with E-state index in [-0.39, 0.29) is 29.8 Å². The quantitative estimate of drug-likeness (QED) is 0.294. The molecule has 0 aromatic heterocycles. The first kappa shape index (κ1) is 24.7. The summed E-state index contributed by atoms with van der Waals surface area (Å²) in [6, 6.07) is 12.3. The molecule has 2 rings (SSSR count). The van der Waals surface area contributed by atoms with E-state index in [2.05, 4.69) is 25.7 Å². The summed E-state index contributed by atoms with van der Waals surface area (Å²) in [7, 11) is 1.32. The number of halogens is 2. The van der Waals surface area contributed by atoms with E-state index < -0.39 is 6.09 Å². The van der Waals surface area contributed by atoms with Gasteiger partial charge in [0.05, 0.1) is 13.7 Å². The predicted molar refractivity (Wildman–Crippen MR) is 126 cm³/mol. The number of aryl methyl sites for hydroxylation is 1. The van der Waals surface area contributed by atoms with Gasteiger partial charge in [0.25, 0.3) is 0 Å². The fourth-order valence-electron chi connectivity index (χ4n) is 2.63. The fourth-order valence-corrected chi connectivity index (χ4v) is 2.63. The first-order valence-electron chi connectivity index (χ1n) is 9.23. The number of amides is 1. The fraction of sp³-hybridized carbons (Fsp3) is 0.333. The number of nitrogens with zero attached hydrogens (tertiary/aromatic N) is 1. The second-order valence-electron chi connectivity index (χ2n) is 6.26. The average Bonchev–Trinajstić information content (AvgIpc) is 2.68. The Bertz CT molecular complexity index is 813. The van der Waals surface area contributed by atoms with Crippen LogP contribution in [0.15, 0.2) is 47.5 Å². The zero-order valence-corrected chi connectivity index (χ0v) is 19.3. The van der Waals surface area contributed by atoms with Crippen molar-refractivity contribution in [2.75, 3.05) is 25.5 Å². The number of anilines is 1. The molecule has 1 amide bonds. The number of carbonyl (C=O) groups is 1. The summed E-state index contributed by atoms with van der Waals surface area (Å²) in [6.45, 7) is 5.87. The van der Waals surface area contributed by atoms with Gasteiger partial charge in [-0.2, -0.15) is 0 Å². The molecule has 0 aliphatic heterocycles. The Balaban J connectivity index is 0.00000420. The highest BCUT2D eigenvalue weighted by Crippen LogP contribution is 2.11. The zero-order valence-electron chi connectivity index (χ0n) is 16.9. The topological polar surface area (TPSA) is 74.8 Å². The summed E-state index contributed by atoms with van der Waals surface area (Å²) in [6.07, 6.45) is 0.283. The van der Waals surface area contributed by atoms with E-state index in [4.69, 9.17) is 0 Å². The van der Waals surface area contributed by atoms with Gasteiger partial charge in [0.1, 0.15) is 5.82 Å². The third kappa shape index (κ3) is 8.68. The summed E-state index contributed by atoms with van der Waals surface area (Å²) in [5, 5.41) is 9.12. The van der Waals surface area contributed by atoms with Gasteiger partial charge in [0.2, 0.25) is 0 Å². The number of carbonyl (C=O) groups excluding carboxylic acids is 1. The number of rotatable bonds is 7. The van der Waals surface area contributed by atoms with Gasteiger partial charge in [-0.3, -0.25) is 5.32 Å². The molecule has 6 nitrogen and oxygen atoms in total. The highest BCUT2D eigenvalue weighted by atomic mass is 127. The van der Waals surface area contributed by atoms with Crippen LogP contribution in [0.3, 0.4) is 0 Å². The molecule has 0 aliphatic rings. The molecule has 0 saturated carbocycles. The number of methoxy groups -OCH3 is 1. The standard InChI is InChI=1S/C21H27FN4O2.HI/c1-4-23-20(24-12-11-17-7-8-18(22)13-15(17)2)25-14-16-5-9-19(10-6-16)26-21(27)28-3;/h5-10,13H,4,11-12,14H2,1-3H3,(H,26,27)(H2,23,24,25);1H. The van der Waals surface area contributed by atoms with Crippen molar-refractivity contribution in [3.8, 4) is 0 Å². The van der Waals surface area contributed by atoms with Crippen molar-refractivity contribution in [3.63, 3.8) is 0 Å². The molecule has 0 heterocycles. The van der Waals surface area contributed by atoms with E-state index in [1.807, 2.05) is 32.0 Å². The SMILES string of the molecule is CCNC(=NCc1ccc(NC(=O)OC)cc1)NCCc1ccc(F)cc1C.I. The first-order chi connectivity index (χ1) is 13.5. The van der Waals surface area contributed by atoms with Crippen molar-refractivity contribution in [2.45, 2.75) is 26.8 Å². The molecule has 0 radical (unpaired) electrons. The van der Waals surface area contributed by atoms with Crippen molar-refractivity contribution in [2.24, 2.45) is 4.99 Å². The predicted octanol–water partition coefficient (Wildman–Crippen LogP) is 4.23. The van der Waals surface area contributed by atoms with Gasteiger partial charge in [-0.05, 0) is 61.2 Å². The normalized spacial score (nSPS) is 10.7. The first-order valence-corrected chi connectivity index (χ1v) is 9.23. The van der Waals surface area contributed by atoms with E-state index in [1.54, 1.807) is 18.2 Å². The third-order valence-electron chi connectivity index (χ3n) is 4.14. The molecule has 3 N–H and O–H groups in total. The summed E-state index contributed by atoms with van der Waals surface area (Å²) in [4.78, 5) is 15.8. The van der Waals surface area contributed by atoms with Gasteiger partial charge < -0.3 is 15.4 Å². The number of hydrogen-bond donors (Lipinski definition) is 3. The molecular weight excluding hydrogens is 486 g/mol. The highest BCUT2D eigenvalue weighted by molar-refractivity contribution is 14.0. The summed E-state index contributed by atoms with van der Waals surface area (Å²) in [5.41, 5.74) is 3.74. The van der Waals surface area contributed by atoms with Crippen LogP contribution in [0, 0.1) is 12.7 Å². The Kier molecular flexibility index (Phi) is 11.0. The third-order valence-corrected chi connectivity index (χ3v) is 4.14. The Labute approximate surface area is 188 Å². The van der Waals surface area contributed by atoms with Crippen molar-refractivity contribution < 1.29 is 13.9 Å². The average molecular weight is 514 g/mol. The van der Waals surface area contributed by atoms with Gasteiger partial charge in [-0.25, -0.2) is 14.2 Å². The van der Waals surface area contributed by atoms with Crippen LogP contribution in [0.5, 0.6) is 0 Å². The van der Waals surface area contributed by atoms with Gasteiger partial charge >= 0.3 is 6.09 Å². The van der Waals surface area contributed by atoms with Crippen molar-refractivity contribution >= 4 is 41.7 Å². The number of nitrogens with one attached hydrogen (secondary N) is 3. The second-order valence-corrected chi connectivity index (χ2v) is 6.26. The lowest BCUT2D eigenvalue weighted by Gasteiger charge is -2.12. The van der Waals surface area contributed by atoms with Crippen LogP contribution in [-0.4, -0.2) is 32.3 Å². The molecule has 8 heteroatoms. The van der Waals surface area contributed by atoms with E-state index in [0.29, 0.717) is 18.8 Å². The molecular formula is C21H28FIN4O2. The number of aliphatic imine (C=N–C) groups is 1. The van der Waals surface area contributed by atoms with Gasteiger partial charge in [-0.1, -0.05) is 18.2 Å². The molecule has 2 aromatic rings. The molecule has 0 atom stereocenters. The van der Waals surface area contributed by atoms with Crippen LogP contribution >= 0.6 is 24.0 Å². The van der Waals surface area contributed by atoms with Crippen LogP contribution in [-0.2, 0) is 17.7 Å². The molecule has 0 fully saturated rings. The van der Waals surface area contributed by atoms with Gasteiger partial charge in [0.15, 0.2) is 5.96 Å². The lowest BCUT2D eigenvalue weighted by Crippen LogP contribution is -2.38. The van der Waals surface area contributed by atoms with Crippen molar-refractivity contribution in [1.29, 1.82) is 0 Å². The highest BCUT2D eigenvalue weighted by Gasteiger charge is 2.03. The summed E-state index contributed by atoms with van der Waals surface area (Å²) in [5.74, 6) is 0.510. The molecule has 158 valence electrons. The summed E-state index contributed by atoms with van der Waals surface area (Å²) >= 11 is 0. The maximum atomic E-state index is 13.2. The molecule has 2 aromatic carbocycles. The minimum atomic E-state index is -0.499. The smallest absolute Gasteiger partial charge is 0.411 e. The Morgan fingerprint density at radius 2 is 1.86 bits per heavy atom. The number of guanidine groups is 1. The lowest BCUT2D eigenvalue weighted by atomic mass is 10.1. The van der Waals surface area contributed by atoms with Crippen LogP contribution < -0.4 is 16.0 Å². The number of benzene rings is 2. The second kappa shape index (κ2) is 13.0. The van der Waals surface area contributed by atoms with Crippen molar-refractivity contribution in [3.05, 3.63) is 65.0 Å². The van der Waals surface area contributed by atoms with Crippen LogP contribution in [0.4, 0.5) is 14.9 Å².